The lowest BCUT2D eigenvalue weighted by molar-refractivity contribution is -0.385. The number of rotatable bonds is 5. The predicted octanol–water partition coefficient (Wildman–Crippen LogP) is 3.35. The van der Waals surface area contributed by atoms with Crippen molar-refractivity contribution in [2.45, 2.75) is 6.92 Å². The van der Waals surface area contributed by atoms with E-state index in [1.54, 1.807) is 24.3 Å². The van der Waals surface area contributed by atoms with Crippen molar-refractivity contribution >= 4 is 34.9 Å². The molecule has 2 aromatic carbocycles. The van der Waals surface area contributed by atoms with Gasteiger partial charge in [-0.3, -0.25) is 14.9 Å². The lowest BCUT2D eigenvalue weighted by atomic mass is 10.1. The Bertz CT molecular complexity index is 807. The average molecular weight is 349 g/mol. The van der Waals surface area contributed by atoms with Gasteiger partial charge >= 0.3 is 5.97 Å². The number of nitrogens with one attached hydrogen (secondary N) is 1. The Morgan fingerprint density at radius 2 is 2.00 bits per heavy atom. The largest absolute Gasteiger partial charge is 0.452 e. The predicted molar refractivity (Wildman–Crippen MR) is 88.2 cm³/mol. The minimum Gasteiger partial charge on any atom is -0.452 e. The molecular weight excluding hydrogens is 336 g/mol. The fourth-order valence-corrected chi connectivity index (χ4v) is 2.16. The minimum atomic E-state index is -0.741. The maximum Gasteiger partial charge on any atom is 0.338 e. The quantitative estimate of drug-likeness (QED) is 0.507. The maximum atomic E-state index is 11.9. The van der Waals surface area contributed by atoms with Crippen molar-refractivity contribution in [2.24, 2.45) is 0 Å². The average Bonchev–Trinajstić information content (AvgIpc) is 2.52. The van der Waals surface area contributed by atoms with Crippen LogP contribution in [0.5, 0.6) is 0 Å². The van der Waals surface area contributed by atoms with E-state index in [1.165, 1.54) is 25.1 Å². The highest BCUT2D eigenvalue weighted by Gasteiger charge is 2.15. The molecule has 0 aliphatic carbocycles. The van der Waals surface area contributed by atoms with Crippen LogP contribution in [-0.2, 0) is 9.53 Å². The molecule has 0 fully saturated rings. The Morgan fingerprint density at radius 1 is 1.25 bits per heavy atom. The van der Waals surface area contributed by atoms with E-state index in [4.69, 9.17) is 16.3 Å². The van der Waals surface area contributed by atoms with Gasteiger partial charge in [-0.15, -0.1) is 0 Å². The van der Waals surface area contributed by atoms with Crippen LogP contribution in [0.4, 0.5) is 11.4 Å². The summed E-state index contributed by atoms with van der Waals surface area (Å²) in [4.78, 5) is 33.8. The molecule has 124 valence electrons. The number of ether oxygens (including phenoxy) is 1. The molecule has 0 atom stereocenters. The first-order valence-corrected chi connectivity index (χ1v) is 7.22. The first-order chi connectivity index (χ1) is 11.4. The first kappa shape index (κ1) is 17.4. The fraction of sp³-hybridized carbons (Fsp3) is 0.125. The standard InChI is InChI=1S/C16H13ClN2O5/c1-10-7-11(5-6-14(10)19(22)23)16(21)24-9-15(20)18-13-4-2-3-12(17)8-13/h2-8H,9H2,1H3,(H,18,20). The van der Waals surface area contributed by atoms with E-state index in [2.05, 4.69) is 5.32 Å². The highest BCUT2D eigenvalue weighted by atomic mass is 35.5. The summed E-state index contributed by atoms with van der Waals surface area (Å²) in [5.41, 5.74) is 0.853. The third kappa shape index (κ3) is 4.53. The SMILES string of the molecule is Cc1cc(C(=O)OCC(=O)Nc2cccc(Cl)c2)ccc1[N+](=O)[O-]. The molecule has 1 N–H and O–H groups in total. The van der Waals surface area contributed by atoms with Crippen LogP contribution in [0.25, 0.3) is 0 Å². The zero-order chi connectivity index (χ0) is 17.7. The highest BCUT2D eigenvalue weighted by Crippen LogP contribution is 2.19. The van der Waals surface area contributed by atoms with E-state index in [9.17, 15) is 19.7 Å². The Kier molecular flexibility index (Phi) is 5.49. The van der Waals surface area contributed by atoms with Crippen LogP contribution in [0.1, 0.15) is 15.9 Å². The van der Waals surface area contributed by atoms with E-state index >= 15 is 0 Å². The smallest absolute Gasteiger partial charge is 0.338 e. The van der Waals surface area contributed by atoms with Gasteiger partial charge in [0, 0.05) is 22.3 Å². The number of hydrogen-bond donors (Lipinski definition) is 1. The number of halogens is 1. The molecular formula is C16H13ClN2O5. The number of carbonyl (C=O) groups excluding carboxylic acids is 2. The van der Waals surface area contributed by atoms with E-state index < -0.39 is 23.4 Å². The van der Waals surface area contributed by atoms with Crippen molar-refractivity contribution in [3.63, 3.8) is 0 Å². The summed E-state index contributed by atoms with van der Waals surface area (Å²) in [6.07, 6.45) is 0. The van der Waals surface area contributed by atoms with Crippen molar-refractivity contribution in [1.29, 1.82) is 0 Å². The molecule has 0 bridgehead atoms. The Morgan fingerprint density at radius 3 is 2.62 bits per heavy atom. The number of carbonyl (C=O) groups is 2. The number of nitrogens with zero attached hydrogens (tertiary/aromatic N) is 1. The topological polar surface area (TPSA) is 98.5 Å². The lowest BCUT2D eigenvalue weighted by Gasteiger charge is -2.07. The van der Waals surface area contributed by atoms with Gasteiger partial charge in [-0.1, -0.05) is 17.7 Å². The number of esters is 1. The second-order valence-corrected chi connectivity index (χ2v) is 5.33. The maximum absolute atomic E-state index is 11.9. The molecule has 0 aliphatic rings. The molecule has 8 heteroatoms. The van der Waals surface area contributed by atoms with Gasteiger partial charge < -0.3 is 10.1 Å². The van der Waals surface area contributed by atoms with Crippen molar-refractivity contribution < 1.29 is 19.2 Å². The Hall–Kier alpha value is -2.93. The summed E-state index contributed by atoms with van der Waals surface area (Å²) >= 11 is 5.80. The van der Waals surface area contributed by atoms with Gasteiger partial charge in [0.2, 0.25) is 0 Å². The van der Waals surface area contributed by atoms with Gasteiger partial charge in [0.05, 0.1) is 10.5 Å². The lowest BCUT2D eigenvalue weighted by Crippen LogP contribution is -2.21. The second-order valence-electron chi connectivity index (χ2n) is 4.89. The number of anilines is 1. The summed E-state index contributed by atoms with van der Waals surface area (Å²) in [6, 6.07) is 10.4. The van der Waals surface area contributed by atoms with Crippen molar-refractivity contribution in [3.8, 4) is 0 Å². The van der Waals surface area contributed by atoms with Crippen LogP contribution in [0.15, 0.2) is 42.5 Å². The van der Waals surface area contributed by atoms with Gasteiger partial charge in [-0.25, -0.2) is 4.79 Å². The third-order valence-electron chi connectivity index (χ3n) is 3.07. The fourth-order valence-electron chi connectivity index (χ4n) is 1.97. The molecule has 1 amide bonds. The van der Waals surface area contributed by atoms with E-state index in [0.717, 1.165) is 0 Å². The van der Waals surface area contributed by atoms with Gasteiger partial charge in [-0.05, 0) is 37.3 Å². The van der Waals surface area contributed by atoms with Crippen LogP contribution in [0, 0.1) is 17.0 Å². The number of benzene rings is 2. The molecule has 0 aromatic heterocycles. The Labute approximate surface area is 142 Å². The molecule has 0 heterocycles. The van der Waals surface area contributed by atoms with Crippen LogP contribution >= 0.6 is 11.6 Å². The molecule has 0 aliphatic heterocycles. The zero-order valence-electron chi connectivity index (χ0n) is 12.6. The molecule has 2 rings (SSSR count). The summed E-state index contributed by atoms with van der Waals surface area (Å²) < 4.78 is 4.89. The van der Waals surface area contributed by atoms with Crippen molar-refractivity contribution in [3.05, 3.63) is 68.7 Å². The number of amides is 1. The molecule has 24 heavy (non-hydrogen) atoms. The van der Waals surface area contributed by atoms with Crippen LogP contribution in [0.3, 0.4) is 0 Å². The van der Waals surface area contributed by atoms with Crippen LogP contribution in [-0.4, -0.2) is 23.4 Å². The molecule has 0 spiro atoms. The molecule has 0 saturated heterocycles. The number of aryl methyl sites for hydroxylation is 1. The van der Waals surface area contributed by atoms with Gasteiger partial charge in [0.15, 0.2) is 6.61 Å². The highest BCUT2D eigenvalue weighted by molar-refractivity contribution is 6.30. The third-order valence-corrected chi connectivity index (χ3v) is 3.31. The normalized spacial score (nSPS) is 10.1. The van der Waals surface area contributed by atoms with Gasteiger partial charge in [0.1, 0.15) is 0 Å². The first-order valence-electron chi connectivity index (χ1n) is 6.84. The monoisotopic (exact) mass is 348 g/mol. The molecule has 0 unspecified atom stereocenters. The summed E-state index contributed by atoms with van der Waals surface area (Å²) in [6.45, 7) is 1.03. The van der Waals surface area contributed by atoms with Crippen LogP contribution in [0.2, 0.25) is 5.02 Å². The van der Waals surface area contributed by atoms with Crippen molar-refractivity contribution in [1.82, 2.24) is 0 Å². The molecule has 2 aromatic rings. The number of hydrogen-bond acceptors (Lipinski definition) is 5. The van der Waals surface area contributed by atoms with Gasteiger partial charge in [0.25, 0.3) is 11.6 Å². The minimum absolute atomic E-state index is 0.0924. The number of nitro groups is 1. The molecule has 7 nitrogen and oxygen atoms in total. The molecule has 0 saturated carbocycles. The van der Waals surface area contributed by atoms with E-state index in [-0.39, 0.29) is 11.3 Å². The van der Waals surface area contributed by atoms with E-state index in [0.29, 0.717) is 16.3 Å². The van der Waals surface area contributed by atoms with Gasteiger partial charge in [-0.2, -0.15) is 0 Å². The second kappa shape index (κ2) is 7.56. The summed E-state index contributed by atoms with van der Waals surface area (Å²) in [5, 5.41) is 13.7. The zero-order valence-corrected chi connectivity index (χ0v) is 13.4. The summed E-state index contributed by atoms with van der Waals surface area (Å²) in [7, 11) is 0. The molecule has 0 radical (unpaired) electrons. The number of nitro benzene ring substituents is 1. The van der Waals surface area contributed by atoms with Crippen molar-refractivity contribution in [2.75, 3.05) is 11.9 Å². The Balaban J connectivity index is 1.94. The summed E-state index contributed by atoms with van der Waals surface area (Å²) in [5.74, 6) is -1.27. The van der Waals surface area contributed by atoms with Crippen LogP contribution < -0.4 is 5.32 Å². The van der Waals surface area contributed by atoms with E-state index in [1.807, 2.05) is 0 Å².